The molecule has 1 aromatic heterocycles. The van der Waals surface area contributed by atoms with E-state index in [1.807, 2.05) is 26.0 Å². The fourth-order valence-electron chi connectivity index (χ4n) is 3.25. The summed E-state index contributed by atoms with van der Waals surface area (Å²) in [6.07, 6.45) is 1.63. The van der Waals surface area contributed by atoms with Gasteiger partial charge in [-0.2, -0.15) is 0 Å². The zero-order valence-electron chi connectivity index (χ0n) is 15.3. The van der Waals surface area contributed by atoms with Crippen molar-refractivity contribution in [3.8, 4) is 5.75 Å². The van der Waals surface area contributed by atoms with E-state index in [0.717, 1.165) is 28.7 Å². The summed E-state index contributed by atoms with van der Waals surface area (Å²) >= 11 is 0.856. The number of anilines is 1. The van der Waals surface area contributed by atoms with Crippen molar-refractivity contribution >= 4 is 40.6 Å². The maximum Gasteiger partial charge on any atom is 0.290 e. The maximum absolute atomic E-state index is 12.5. The SMILES string of the molecule is Cc1cc(CN2C(=O)COc3ccc(/C=C4\SC(=O)NC4=O)cc32)cc(C)n1. The van der Waals surface area contributed by atoms with Gasteiger partial charge in [0, 0.05) is 11.4 Å². The molecular weight excluding hydrogens is 378 g/mol. The zero-order chi connectivity index (χ0) is 19.8. The lowest BCUT2D eigenvalue weighted by atomic mass is 10.1. The lowest BCUT2D eigenvalue weighted by Crippen LogP contribution is -2.38. The zero-order valence-corrected chi connectivity index (χ0v) is 16.1. The van der Waals surface area contributed by atoms with Gasteiger partial charge in [0.2, 0.25) is 0 Å². The molecular formula is C20H17N3O4S. The number of nitrogens with one attached hydrogen (secondary N) is 1. The number of carbonyl (C=O) groups is 3. The van der Waals surface area contributed by atoms with Crippen molar-refractivity contribution in [2.24, 2.45) is 0 Å². The summed E-state index contributed by atoms with van der Waals surface area (Å²) in [5.41, 5.74) is 4.10. The summed E-state index contributed by atoms with van der Waals surface area (Å²) in [7, 11) is 0. The molecule has 8 heteroatoms. The summed E-state index contributed by atoms with van der Waals surface area (Å²) in [6, 6.07) is 9.25. The molecule has 7 nitrogen and oxygen atoms in total. The van der Waals surface area contributed by atoms with E-state index in [1.165, 1.54) is 0 Å². The maximum atomic E-state index is 12.5. The van der Waals surface area contributed by atoms with Gasteiger partial charge in [0.05, 0.1) is 17.1 Å². The highest BCUT2D eigenvalue weighted by molar-refractivity contribution is 8.18. The minimum atomic E-state index is -0.417. The fourth-order valence-corrected chi connectivity index (χ4v) is 3.93. The number of fused-ring (bicyclic) bond motifs is 1. The van der Waals surface area contributed by atoms with E-state index in [0.29, 0.717) is 28.5 Å². The number of aromatic nitrogens is 1. The summed E-state index contributed by atoms with van der Waals surface area (Å²) in [5, 5.41) is 1.84. The summed E-state index contributed by atoms with van der Waals surface area (Å²) in [6.45, 7) is 4.21. The van der Waals surface area contributed by atoms with Gasteiger partial charge in [0.1, 0.15) is 5.75 Å². The van der Waals surface area contributed by atoms with Gasteiger partial charge in [0.25, 0.3) is 17.1 Å². The number of aryl methyl sites for hydroxylation is 2. The molecule has 1 fully saturated rings. The summed E-state index contributed by atoms with van der Waals surface area (Å²) in [5.74, 6) is 0.0380. The van der Waals surface area contributed by atoms with Crippen LogP contribution < -0.4 is 15.0 Å². The summed E-state index contributed by atoms with van der Waals surface area (Å²) in [4.78, 5) is 42.0. The lowest BCUT2D eigenvalue weighted by Gasteiger charge is -2.30. The first-order chi connectivity index (χ1) is 13.4. The van der Waals surface area contributed by atoms with Gasteiger partial charge in [-0.25, -0.2) is 0 Å². The topological polar surface area (TPSA) is 88.6 Å². The van der Waals surface area contributed by atoms with Crippen molar-refractivity contribution < 1.29 is 19.1 Å². The minimum Gasteiger partial charge on any atom is -0.482 e. The van der Waals surface area contributed by atoms with Crippen LogP contribution in [0.3, 0.4) is 0 Å². The number of pyridine rings is 1. The van der Waals surface area contributed by atoms with Gasteiger partial charge >= 0.3 is 0 Å². The molecule has 1 saturated heterocycles. The molecule has 2 aliphatic rings. The Morgan fingerprint density at radius 1 is 1.18 bits per heavy atom. The van der Waals surface area contributed by atoms with E-state index >= 15 is 0 Å². The average Bonchev–Trinajstić information content (AvgIpc) is 2.94. The molecule has 3 amide bonds. The molecule has 28 heavy (non-hydrogen) atoms. The van der Waals surface area contributed by atoms with Crippen molar-refractivity contribution in [2.75, 3.05) is 11.5 Å². The Labute approximate surface area is 165 Å². The van der Waals surface area contributed by atoms with Crippen LogP contribution >= 0.6 is 11.8 Å². The average molecular weight is 395 g/mol. The number of carbonyl (C=O) groups excluding carboxylic acids is 3. The number of amides is 3. The first kappa shape index (κ1) is 18.2. The van der Waals surface area contributed by atoms with E-state index in [9.17, 15) is 14.4 Å². The van der Waals surface area contributed by atoms with Gasteiger partial charge in [-0.3, -0.25) is 24.7 Å². The van der Waals surface area contributed by atoms with Crippen LogP contribution in [-0.4, -0.2) is 28.6 Å². The minimum absolute atomic E-state index is 0.0246. The van der Waals surface area contributed by atoms with Crippen LogP contribution in [0.25, 0.3) is 6.08 Å². The Kier molecular flexibility index (Phi) is 4.64. The molecule has 1 N–H and O–H groups in total. The molecule has 0 unspecified atom stereocenters. The Balaban J connectivity index is 1.69. The second-order valence-corrected chi connectivity index (χ2v) is 7.62. The monoisotopic (exact) mass is 395 g/mol. The molecule has 1 aromatic carbocycles. The molecule has 0 spiro atoms. The van der Waals surface area contributed by atoms with Crippen molar-refractivity contribution in [1.29, 1.82) is 0 Å². The van der Waals surface area contributed by atoms with Gasteiger partial charge < -0.3 is 9.64 Å². The molecule has 0 aliphatic carbocycles. The Hall–Kier alpha value is -3.13. The predicted molar refractivity (Wildman–Crippen MR) is 106 cm³/mol. The molecule has 4 rings (SSSR count). The second kappa shape index (κ2) is 7.12. The van der Waals surface area contributed by atoms with E-state index in [2.05, 4.69) is 10.3 Å². The third-order valence-corrected chi connectivity index (χ3v) is 5.16. The number of nitrogens with zero attached hydrogens (tertiary/aromatic N) is 2. The third kappa shape index (κ3) is 3.63. The van der Waals surface area contributed by atoms with Crippen LogP contribution in [0.5, 0.6) is 5.75 Å². The molecule has 0 saturated carbocycles. The molecule has 2 aliphatic heterocycles. The van der Waals surface area contributed by atoms with Gasteiger partial charge in [-0.15, -0.1) is 0 Å². The molecule has 0 bridgehead atoms. The first-order valence-corrected chi connectivity index (χ1v) is 9.47. The number of benzene rings is 1. The quantitative estimate of drug-likeness (QED) is 0.804. The number of imide groups is 1. The van der Waals surface area contributed by atoms with E-state index < -0.39 is 11.1 Å². The van der Waals surface area contributed by atoms with Crippen LogP contribution in [0.1, 0.15) is 22.5 Å². The molecule has 3 heterocycles. The van der Waals surface area contributed by atoms with Crippen molar-refractivity contribution in [1.82, 2.24) is 10.3 Å². The third-order valence-electron chi connectivity index (χ3n) is 4.35. The molecule has 0 radical (unpaired) electrons. The number of rotatable bonds is 3. The normalized spacial score (nSPS) is 17.6. The van der Waals surface area contributed by atoms with Crippen LogP contribution in [0.2, 0.25) is 0 Å². The summed E-state index contributed by atoms with van der Waals surface area (Å²) < 4.78 is 5.55. The first-order valence-electron chi connectivity index (χ1n) is 8.65. The Bertz CT molecular complexity index is 1030. The van der Waals surface area contributed by atoms with E-state index in [1.54, 1.807) is 29.2 Å². The highest BCUT2D eigenvalue weighted by atomic mass is 32.2. The van der Waals surface area contributed by atoms with Crippen LogP contribution in [-0.2, 0) is 16.1 Å². The molecule has 2 aromatic rings. The Morgan fingerprint density at radius 2 is 1.93 bits per heavy atom. The van der Waals surface area contributed by atoms with Gasteiger partial charge in [0.15, 0.2) is 6.61 Å². The largest absolute Gasteiger partial charge is 0.482 e. The molecule has 0 atom stereocenters. The molecule has 142 valence electrons. The van der Waals surface area contributed by atoms with Crippen molar-refractivity contribution in [3.05, 3.63) is 57.8 Å². The highest BCUT2D eigenvalue weighted by Gasteiger charge is 2.28. The van der Waals surface area contributed by atoms with Gasteiger partial charge in [-0.05, 0) is 67.1 Å². The lowest BCUT2D eigenvalue weighted by molar-refractivity contribution is -0.121. The second-order valence-electron chi connectivity index (χ2n) is 6.61. The number of hydrogen-bond acceptors (Lipinski definition) is 6. The smallest absolute Gasteiger partial charge is 0.290 e. The van der Waals surface area contributed by atoms with Crippen LogP contribution in [0.4, 0.5) is 10.5 Å². The fraction of sp³-hybridized carbons (Fsp3) is 0.200. The number of hydrogen-bond donors (Lipinski definition) is 1. The number of ether oxygens (including phenoxy) is 1. The van der Waals surface area contributed by atoms with Crippen molar-refractivity contribution in [2.45, 2.75) is 20.4 Å². The highest BCUT2D eigenvalue weighted by Crippen LogP contribution is 2.35. The van der Waals surface area contributed by atoms with E-state index in [4.69, 9.17) is 4.74 Å². The van der Waals surface area contributed by atoms with Crippen molar-refractivity contribution in [3.63, 3.8) is 0 Å². The Morgan fingerprint density at radius 3 is 2.61 bits per heavy atom. The number of thioether (sulfide) groups is 1. The van der Waals surface area contributed by atoms with Gasteiger partial charge in [-0.1, -0.05) is 6.07 Å². The standard InChI is InChI=1S/C20H17N3O4S/c1-11-5-14(6-12(2)21-11)9-23-15-7-13(3-4-16(15)27-10-18(23)24)8-17-19(25)22-20(26)28-17/h3-8H,9-10H2,1-2H3,(H,22,25,26)/b17-8-. The van der Waals surface area contributed by atoms with Crippen LogP contribution in [0.15, 0.2) is 35.2 Å². The predicted octanol–water partition coefficient (Wildman–Crippen LogP) is 2.95. The van der Waals surface area contributed by atoms with E-state index in [-0.39, 0.29) is 12.5 Å². The van der Waals surface area contributed by atoms with Crippen LogP contribution in [0, 0.1) is 13.8 Å².